The van der Waals surface area contributed by atoms with Crippen LogP contribution in [0.15, 0.2) is 27.1 Å². The molecule has 0 spiro atoms. The smallest absolute Gasteiger partial charge is 0.0320 e. The SMILES string of the molecule is C#CCCCCNCc1ccc(Br)c(Br)c1. The highest BCUT2D eigenvalue weighted by atomic mass is 79.9. The number of hydrogen-bond donors (Lipinski definition) is 1. The van der Waals surface area contributed by atoms with Crippen molar-refractivity contribution >= 4 is 31.9 Å². The van der Waals surface area contributed by atoms with Crippen LogP contribution in [0.1, 0.15) is 24.8 Å². The molecule has 0 saturated heterocycles. The molecule has 0 bridgehead atoms. The van der Waals surface area contributed by atoms with Gasteiger partial charge in [0.1, 0.15) is 0 Å². The van der Waals surface area contributed by atoms with E-state index in [1.165, 1.54) is 5.56 Å². The topological polar surface area (TPSA) is 12.0 Å². The minimum atomic E-state index is 0.880. The molecule has 0 aliphatic carbocycles. The monoisotopic (exact) mass is 343 g/mol. The Labute approximate surface area is 114 Å². The molecule has 0 heterocycles. The van der Waals surface area contributed by atoms with E-state index >= 15 is 0 Å². The van der Waals surface area contributed by atoms with Crippen molar-refractivity contribution in [3.05, 3.63) is 32.7 Å². The third-order valence-corrected chi connectivity index (χ3v) is 4.12. The zero-order valence-electron chi connectivity index (χ0n) is 9.10. The molecule has 1 rings (SSSR count). The maximum Gasteiger partial charge on any atom is 0.0320 e. The normalized spacial score (nSPS) is 10.1. The third kappa shape index (κ3) is 5.16. The fourth-order valence-corrected chi connectivity index (χ4v) is 2.03. The third-order valence-electron chi connectivity index (χ3n) is 2.24. The van der Waals surface area contributed by atoms with Crippen LogP contribution in [0, 0.1) is 12.3 Å². The van der Waals surface area contributed by atoms with E-state index in [0.717, 1.165) is 41.3 Å². The van der Waals surface area contributed by atoms with Crippen LogP contribution in [0.5, 0.6) is 0 Å². The van der Waals surface area contributed by atoms with E-state index in [2.05, 4.69) is 61.3 Å². The second-order valence-electron chi connectivity index (χ2n) is 3.59. The summed E-state index contributed by atoms with van der Waals surface area (Å²) < 4.78 is 2.18. The van der Waals surface area contributed by atoms with Crippen molar-refractivity contribution < 1.29 is 0 Å². The van der Waals surface area contributed by atoms with Crippen LogP contribution in [-0.4, -0.2) is 6.54 Å². The first-order valence-corrected chi connectivity index (χ1v) is 6.90. The van der Waals surface area contributed by atoms with E-state index in [4.69, 9.17) is 6.42 Å². The summed E-state index contributed by atoms with van der Waals surface area (Å²) in [4.78, 5) is 0. The summed E-state index contributed by atoms with van der Waals surface area (Å²) in [5.41, 5.74) is 1.28. The lowest BCUT2D eigenvalue weighted by Gasteiger charge is -2.05. The molecule has 1 aromatic rings. The van der Waals surface area contributed by atoms with Crippen molar-refractivity contribution in [2.75, 3.05) is 6.54 Å². The van der Waals surface area contributed by atoms with E-state index in [-0.39, 0.29) is 0 Å². The second kappa shape index (κ2) is 7.89. The minimum Gasteiger partial charge on any atom is -0.313 e. The van der Waals surface area contributed by atoms with E-state index in [1.807, 2.05) is 0 Å². The number of unbranched alkanes of at least 4 members (excludes halogenated alkanes) is 2. The molecule has 3 heteroatoms. The molecule has 1 aromatic carbocycles. The van der Waals surface area contributed by atoms with Crippen molar-refractivity contribution in [2.24, 2.45) is 0 Å². The molecule has 0 aliphatic rings. The molecular formula is C13H15Br2N. The first-order chi connectivity index (χ1) is 7.74. The predicted octanol–water partition coefficient (Wildman–Crippen LogP) is 4.10. The lowest BCUT2D eigenvalue weighted by Crippen LogP contribution is -2.14. The zero-order valence-corrected chi connectivity index (χ0v) is 12.3. The molecule has 0 aliphatic heterocycles. The van der Waals surface area contributed by atoms with Gasteiger partial charge in [-0.2, -0.15) is 0 Å². The summed E-state index contributed by atoms with van der Waals surface area (Å²) >= 11 is 6.95. The van der Waals surface area contributed by atoms with Gasteiger partial charge in [-0.3, -0.25) is 0 Å². The number of hydrogen-bond acceptors (Lipinski definition) is 1. The van der Waals surface area contributed by atoms with Crippen LogP contribution in [-0.2, 0) is 6.54 Å². The molecule has 86 valence electrons. The lowest BCUT2D eigenvalue weighted by molar-refractivity contribution is 0.629. The summed E-state index contributed by atoms with van der Waals surface area (Å²) in [6, 6.07) is 6.29. The molecule has 0 saturated carbocycles. The van der Waals surface area contributed by atoms with Gasteiger partial charge in [0.05, 0.1) is 0 Å². The van der Waals surface area contributed by atoms with Gasteiger partial charge < -0.3 is 5.32 Å². The van der Waals surface area contributed by atoms with Crippen molar-refractivity contribution in [1.29, 1.82) is 0 Å². The highest BCUT2D eigenvalue weighted by Gasteiger charge is 1.98. The fourth-order valence-electron chi connectivity index (χ4n) is 1.36. The molecule has 16 heavy (non-hydrogen) atoms. The molecule has 1 N–H and O–H groups in total. The van der Waals surface area contributed by atoms with Gasteiger partial charge in [0.25, 0.3) is 0 Å². The standard InChI is InChI=1S/C13H15Br2N/c1-2-3-4-5-8-16-10-11-6-7-12(14)13(15)9-11/h1,6-7,9,16H,3-5,8,10H2. The fraction of sp³-hybridized carbons (Fsp3) is 0.385. The Morgan fingerprint density at radius 3 is 2.69 bits per heavy atom. The summed E-state index contributed by atoms with van der Waals surface area (Å²) in [6.45, 7) is 1.93. The van der Waals surface area contributed by atoms with E-state index in [9.17, 15) is 0 Å². The van der Waals surface area contributed by atoms with E-state index in [1.54, 1.807) is 0 Å². The minimum absolute atomic E-state index is 0.880. The van der Waals surface area contributed by atoms with Crippen LogP contribution in [0.4, 0.5) is 0 Å². The van der Waals surface area contributed by atoms with Gasteiger partial charge in [-0.05, 0) is 68.9 Å². The van der Waals surface area contributed by atoms with Gasteiger partial charge in [-0.25, -0.2) is 0 Å². The maximum absolute atomic E-state index is 5.19. The largest absolute Gasteiger partial charge is 0.313 e. The van der Waals surface area contributed by atoms with Crippen LogP contribution < -0.4 is 5.32 Å². The Balaban J connectivity index is 2.22. The van der Waals surface area contributed by atoms with Crippen molar-refractivity contribution in [1.82, 2.24) is 5.32 Å². The highest BCUT2D eigenvalue weighted by molar-refractivity contribution is 9.13. The molecule has 0 radical (unpaired) electrons. The number of rotatable bonds is 6. The first-order valence-electron chi connectivity index (χ1n) is 5.32. The van der Waals surface area contributed by atoms with Gasteiger partial charge in [0, 0.05) is 21.9 Å². The molecule has 0 fully saturated rings. The number of benzene rings is 1. The molecule has 1 nitrogen and oxygen atoms in total. The number of nitrogens with one attached hydrogen (secondary N) is 1. The number of halogens is 2. The van der Waals surface area contributed by atoms with Gasteiger partial charge >= 0.3 is 0 Å². The Bertz CT molecular complexity index is 369. The van der Waals surface area contributed by atoms with Gasteiger partial charge in [0.2, 0.25) is 0 Å². The highest BCUT2D eigenvalue weighted by Crippen LogP contribution is 2.23. The van der Waals surface area contributed by atoms with Gasteiger partial charge in [-0.15, -0.1) is 12.3 Å². The lowest BCUT2D eigenvalue weighted by atomic mass is 10.2. The van der Waals surface area contributed by atoms with Crippen LogP contribution in [0.2, 0.25) is 0 Å². The van der Waals surface area contributed by atoms with E-state index < -0.39 is 0 Å². The Morgan fingerprint density at radius 1 is 1.19 bits per heavy atom. The van der Waals surface area contributed by atoms with Crippen molar-refractivity contribution in [3.8, 4) is 12.3 Å². The zero-order chi connectivity index (χ0) is 11.8. The summed E-state index contributed by atoms with van der Waals surface area (Å²) in [5.74, 6) is 2.65. The maximum atomic E-state index is 5.19. The van der Waals surface area contributed by atoms with Crippen LogP contribution in [0.25, 0.3) is 0 Å². The first kappa shape index (κ1) is 13.8. The Hall–Kier alpha value is -0.300. The second-order valence-corrected chi connectivity index (χ2v) is 5.30. The Morgan fingerprint density at radius 2 is 2.00 bits per heavy atom. The van der Waals surface area contributed by atoms with Gasteiger partial charge in [0.15, 0.2) is 0 Å². The van der Waals surface area contributed by atoms with Crippen molar-refractivity contribution in [2.45, 2.75) is 25.8 Å². The van der Waals surface area contributed by atoms with Gasteiger partial charge in [-0.1, -0.05) is 6.07 Å². The molecule has 0 atom stereocenters. The Kier molecular flexibility index (Phi) is 6.79. The van der Waals surface area contributed by atoms with Crippen LogP contribution in [0.3, 0.4) is 0 Å². The predicted molar refractivity (Wildman–Crippen MR) is 76.2 cm³/mol. The molecular weight excluding hydrogens is 330 g/mol. The average Bonchev–Trinajstić information content (AvgIpc) is 2.28. The molecule has 0 amide bonds. The van der Waals surface area contributed by atoms with E-state index in [0.29, 0.717) is 0 Å². The quantitative estimate of drug-likeness (QED) is 0.605. The summed E-state index contributed by atoms with van der Waals surface area (Å²) in [7, 11) is 0. The van der Waals surface area contributed by atoms with Crippen molar-refractivity contribution in [3.63, 3.8) is 0 Å². The summed E-state index contributed by atoms with van der Waals surface area (Å²) in [5, 5.41) is 3.40. The van der Waals surface area contributed by atoms with Crippen LogP contribution >= 0.6 is 31.9 Å². The number of terminal acetylenes is 1. The molecule has 0 unspecified atom stereocenters. The summed E-state index contributed by atoms with van der Waals surface area (Å²) in [6.07, 6.45) is 8.31. The average molecular weight is 345 g/mol. The molecule has 0 aromatic heterocycles.